The Morgan fingerprint density at radius 2 is 2.14 bits per heavy atom. The summed E-state index contributed by atoms with van der Waals surface area (Å²) in [5.74, 6) is 0.616. The van der Waals surface area contributed by atoms with E-state index in [0.29, 0.717) is 5.92 Å². The van der Waals surface area contributed by atoms with E-state index in [2.05, 4.69) is 19.2 Å². The normalized spacial score (nSPS) is 12.9. The summed E-state index contributed by atoms with van der Waals surface area (Å²) in [7, 11) is -0.894. The van der Waals surface area contributed by atoms with Crippen LogP contribution in [0.15, 0.2) is 29.2 Å². The van der Waals surface area contributed by atoms with Crippen molar-refractivity contribution >= 4 is 16.5 Å². The minimum atomic E-state index is -0.894. The molecule has 78 valence electrons. The van der Waals surface area contributed by atoms with E-state index in [1.54, 1.807) is 6.26 Å². The molecule has 0 heterocycles. The fourth-order valence-electron chi connectivity index (χ4n) is 1.11. The maximum Gasteiger partial charge on any atom is 0.0498 e. The van der Waals surface area contributed by atoms with Crippen molar-refractivity contribution in [2.45, 2.75) is 18.7 Å². The lowest BCUT2D eigenvalue weighted by Gasteiger charge is -2.09. The van der Waals surface area contributed by atoms with Crippen LogP contribution in [0.25, 0.3) is 0 Å². The highest BCUT2D eigenvalue weighted by atomic mass is 32.2. The maximum atomic E-state index is 11.2. The van der Waals surface area contributed by atoms with E-state index in [4.69, 9.17) is 0 Å². The van der Waals surface area contributed by atoms with Crippen LogP contribution in [0, 0.1) is 5.92 Å². The Bertz CT molecular complexity index is 323. The molecule has 0 fully saturated rings. The van der Waals surface area contributed by atoms with Crippen molar-refractivity contribution in [2.24, 2.45) is 5.92 Å². The molecule has 3 heteroatoms. The molecule has 0 amide bonds. The second-order valence-electron chi connectivity index (χ2n) is 3.76. The molecule has 0 aliphatic heterocycles. The smallest absolute Gasteiger partial charge is 0.0498 e. The first-order valence-electron chi connectivity index (χ1n) is 4.77. The Labute approximate surface area is 88.2 Å². The Morgan fingerprint density at radius 3 is 2.71 bits per heavy atom. The number of hydrogen-bond donors (Lipinski definition) is 1. The van der Waals surface area contributed by atoms with Gasteiger partial charge in [0.05, 0.1) is 0 Å². The van der Waals surface area contributed by atoms with Gasteiger partial charge in [0.1, 0.15) is 0 Å². The number of rotatable bonds is 4. The van der Waals surface area contributed by atoms with Gasteiger partial charge in [0.25, 0.3) is 0 Å². The molecule has 0 saturated heterocycles. The predicted octanol–water partition coefficient (Wildman–Crippen LogP) is 2.49. The molecule has 0 aliphatic rings. The standard InChI is InChI=1S/C11H17NOS/c1-9(2)8-12-10-5-4-6-11(7-10)14(3)13/h4-7,9,12H,8H2,1-3H3. The Balaban J connectivity index is 2.69. The quantitative estimate of drug-likeness (QED) is 0.829. The fourth-order valence-corrected chi connectivity index (χ4v) is 1.67. The van der Waals surface area contributed by atoms with Crippen LogP contribution in [-0.2, 0) is 10.8 Å². The number of hydrogen-bond acceptors (Lipinski definition) is 2. The third-order valence-corrected chi connectivity index (χ3v) is 2.80. The molecule has 1 N–H and O–H groups in total. The van der Waals surface area contributed by atoms with Crippen LogP contribution in [0.1, 0.15) is 13.8 Å². The van der Waals surface area contributed by atoms with Crippen molar-refractivity contribution < 1.29 is 4.21 Å². The third-order valence-electron chi connectivity index (χ3n) is 1.88. The van der Waals surface area contributed by atoms with Gasteiger partial charge >= 0.3 is 0 Å². The van der Waals surface area contributed by atoms with Crippen molar-refractivity contribution in [1.82, 2.24) is 0 Å². The predicted molar refractivity (Wildman–Crippen MR) is 62.1 cm³/mol. The molecule has 1 unspecified atom stereocenters. The molecule has 0 bridgehead atoms. The van der Waals surface area contributed by atoms with Crippen LogP contribution in [0.2, 0.25) is 0 Å². The third kappa shape index (κ3) is 3.50. The SMILES string of the molecule is CC(C)CNc1cccc(S(C)=O)c1. The van der Waals surface area contributed by atoms with E-state index in [9.17, 15) is 4.21 Å². The van der Waals surface area contributed by atoms with E-state index in [-0.39, 0.29) is 0 Å². The second kappa shape index (κ2) is 5.15. The zero-order valence-corrected chi connectivity index (χ0v) is 9.73. The molecule has 1 rings (SSSR count). The Kier molecular flexibility index (Phi) is 4.14. The molecule has 0 aliphatic carbocycles. The highest BCUT2D eigenvalue weighted by Crippen LogP contribution is 2.13. The highest BCUT2D eigenvalue weighted by molar-refractivity contribution is 7.84. The van der Waals surface area contributed by atoms with Gasteiger partial charge in [-0.2, -0.15) is 0 Å². The lowest BCUT2D eigenvalue weighted by Crippen LogP contribution is -2.07. The molecule has 2 nitrogen and oxygen atoms in total. The zero-order chi connectivity index (χ0) is 10.6. The van der Waals surface area contributed by atoms with E-state index >= 15 is 0 Å². The van der Waals surface area contributed by atoms with Crippen LogP contribution < -0.4 is 5.32 Å². The van der Waals surface area contributed by atoms with E-state index in [1.165, 1.54) is 0 Å². The van der Waals surface area contributed by atoms with Crippen LogP contribution in [0.4, 0.5) is 5.69 Å². The summed E-state index contributed by atoms with van der Waals surface area (Å²) in [6, 6.07) is 7.76. The van der Waals surface area contributed by atoms with Crippen LogP contribution in [0.3, 0.4) is 0 Å². The zero-order valence-electron chi connectivity index (χ0n) is 8.91. The monoisotopic (exact) mass is 211 g/mol. The molecule has 0 saturated carbocycles. The number of nitrogens with one attached hydrogen (secondary N) is 1. The number of anilines is 1. The van der Waals surface area contributed by atoms with E-state index in [0.717, 1.165) is 17.1 Å². The fraction of sp³-hybridized carbons (Fsp3) is 0.455. The minimum Gasteiger partial charge on any atom is -0.385 e. The van der Waals surface area contributed by atoms with Gasteiger partial charge in [-0.05, 0) is 24.1 Å². The molecule has 0 aromatic heterocycles. The van der Waals surface area contributed by atoms with Crippen molar-refractivity contribution in [3.8, 4) is 0 Å². The minimum absolute atomic E-state index is 0.616. The van der Waals surface area contributed by atoms with Crippen molar-refractivity contribution in [1.29, 1.82) is 0 Å². The van der Waals surface area contributed by atoms with Crippen molar-refractivity contribution in [2.75, 3.05) is 18.1 Å². The summed E-state index contributed by atoms with van der Waals surface area (Å²) in [6.45, 7) is 5.27. The molecule has 1 aromatic carbocycles. The summed E-state index contributed by atoms with van der Waals surface area (Å²) in [6.07, 6.45) is 1.70. The van der Waals surface area contributed by atoms with Gasteiger partial charge < -0.3 is 5.32 Å². The van der Waals surface area contributed by atoms with E-state index in [1.807, 2.05) is 24.3 Å². The first-order chi connectivity index (χ1) is 6.59. The molecule has 14 heavy (non-hydrogen) atoms. The summed E-state index contributed by atoms with van der Waals surface area (Å²) in [5, 5.41) is 3.30. The van der Waals surface area contributed by atoms with Gasteiger partial charge in [-0.25, -0.2) is 0 Å². The van der Waals surface area contributed by atoms with Gasteiger partial charge in [0.15, 0.2) is 0 Å². The average molecular weight is 211 g/mol. The van der Waals surface area contributed by atoms with Crippen LogP contribution in [0.5, 0.6) is 0 Å². The van der Waals surface area contributed by atoms with Gasteiger partial charge in [-0.1, -0.05) is 19.9 Å². The Hall–Kier alpha value is -0.830. The first-order valence-corrected chi connectivity index (χ1v) is 6.32. The topological polar surface area (TPSA) is 29.1 Å². The molecular formula is C11H17NOS. The first kappa shape index (κ1) is 11.2. The maximum absolute atomic E-state index is 11.2. The van der Waals surface area contributed by atoms with Gasteiger partial charge in [-0.15, -0.1) is 0 Å². The van der Waals surface area contributed by atoms with Crippen LogP contribution in [-0.4, -0.2) is 17.0 Å². The molecule has 0 radical (unpaired) electrons. The molecular weight excluding hydrogens is 194 g/mol. The molecule has 0 spiro atoms. The summed E-state index contributed by atoms with van der Waals surface area (Å²) >= 11 is 0. The summed E-state index contributed by atoms with van der Waals surface area (Å²) < 4.78 is 11.2. The lowest BCUT2D eigenvalue weighted by atomic mass is 10.2. The second-order valence-corrected chi connectivity index (χ2v) is 5.14. The lowest BCUT2D eigenvalue weighted by molar-refractivity contribution is 0.686. The van der Waals surface area contributed by atoms with Crippen molar-refractivity contribution in [3.05, 3.63) is 24.3 Å². The Morgan fingerprint density at radius 1 is 1.43 bits per heavy atom. The average Bonchev–Trinajstić information content (AvgIpc) is 2.15. The van der Waals surface area contributed by atoms with Crippen molar-refractivity contribution in [3.63, 3.8) is 0 Å². The number of benzene rings is 1. The van der Waals surface area contributed by atoms with Gasteiger partial charge in [-0.3, -0.25) is 4.21 Å². The largest absolute Gasteiger partial charge is 0.385 e. The van der Waals surface area contributed by atoms with Gasteiger partial charge in [0, 0.05) is 34.2 Å². The highest BCUT2D eigenvalue weighted by Gasteiger charge is 1.99. The van der Waals surface area contributed by atoms with E-state index < -0.39 is 10.8 Å². The summed E-state index contributed by atoms with van der Waals surface area (Å²) in [5.41, 5.74) is 1.05. The van der Waals surface area contributed by atoms with Gasteiger partial charge in [0.2, 0.25) is 0 Å². The van der Waals surface area contributed by atoms with Crippen LogP contribution >= 0.6 is 0 Å². The molecule has 1 aromatic rings. The summed E-state index contributed by atoms with van der Waals surface area (Å²) in [4.78, 5) is 0.874. The molecule has 1 atom stereocenters.